The molecular weight excluding hydrogens is 216 g/mol. The minimum Gasteiger partial charge on any atom is -0.392 e. The van der Waals surface area contributed by atoms with E-state index in [2.05, 4.69) is 4.72 Å². The Balaban J connectivity index is 2.95. The van der Waals surface area contributed by atoms with E-state index in [0.29, 0.717) is 11.3 Å². The minimum absolute atomic E-state index is 0.259. The molecule has 0 saturated carbocycles. The van der Waals surface area contributed by atoms with Gasteiger partial charge in [0.05, 0.1) is 18.4 Å². The number of aliphatic hydroxyl groups excluding tert-OH is 1. The summed E-state index contributed by atoms with van der Waals surface area (Å²) in [6.07, 6.45) is 0. The summed E-state index contributed by atoms with van der Waals surface area (Å²) in [7, 11) is -3.64. The summed E-state index contributed by atoms with van der Waals surface area (Å²) in [4.78, 5) is 0. The number of nitrogens with one attached hydrogen (secondary N) is 1. The number of sulfonamides is 1. The highest BCUT2D eigenvalue weighted by molar-refractivity contribution is 7.92. The monoisotopic (exact) mass is 226 g/mol. The largest absolute Gasteiger partial charge is 0.392 e. The van der Waals surface area contributed by atoms with Gasteiger partial charge in [0.25, 0.3) is 0 Å². The van der Waals surface area contributed by atoms with Crippen LogP contribution < -0.4 is 4.72 Å². The van der Waals surface area contributed by atoms with Gasteiger partial charge < -0.3 is 5.11 Å². The van der Waals surface area contributed by atoms with Crippen molar-refractivity contribution in [2.45, 2.75) is 6.61 Å². The number of para-hydroxylation sites is 1. The third kappa shape index (κ3) is 3.23. The third-order valence-electron chi connectivity index (χ3n) is 1.71. The lowest BCUT2D eigenvalue weighted by Crippen LogP contribution is -2.16. The molecule has 0 radical (unpaired) electrons. The van der Waals surface area contributed by atoms with Crippen molar-refractivity contribution >= 4 is 15.7 Å². The highest BCUT2D eigenvalue weighted by atomic mass is 32.2. The van der Waals surface area contributed by atoms with Crippen LogP contribution in [0.1, 0.15) is 5.56 Å². The molecule has 80 valence electrons. The average molecular weight is 226 g/mol. The molecule has 0 amide bonds. The summed E-state index contributed by atoms with van der Waals surface area (Å²) in [6, 6.07) is 8.01. The molecule has 0 aromatic heterocycles. The molecular formula is C9H10N2O3S. The van der Waals surface area contributed by atoms with Crippen LogP contribution in [-0.2, 0) is 16.6 Å². The van der Waals surface area contributed by atoms with E-state index in [1.54, 1.807) is 24.3 Å². The Morgan fingerprint density at radius 3 is 2.67 bits per heavy atom. The molecule has 0 spiro atoms. The van der Waals surface area contributed by atoms with E-state index in [1.165, 1.54) is 6.07 Å². The fourth-order valence-corrected chi connectivity index (χ4v) is 1.82. The molecule has 5 nitrogen and oxygen atoms in total. The summed E-state index contributed by atoms with van der Waals surface area (Å²) in [6.45, 7) is -0.259. The zero-order chi connectivity index (χ0) is 11.3. The maximum atomic E-state index is 11.3. The summed E-state index contributed by atoms with van der Waals surface area (Å²) in [5, 5.41) is 17.2. The summed E-state index contributed by atoms with van der Waals surface area (Å²) in [5.74, 6) is -0.604. The standard InChI is InChI=1S/C9H10N2O3S/c10-5-6-15(13,14)11-9-4-2-1-3-8(9)7-12/h1-4,11-12H,6-7H2. The van der Waals surface area contributed by atoms with Gasteiger partial charge in [-0.15, -0.1) is 0 Å². The van der Waals surface area contributed by atoms with Crippen molar-refractivity contribution in [2.24, 2.45) is 0 Å². The normalized spacial score (nSPS) is 10.7. The summed E-state index contributed by atoms with van der Waals surface area (Å²) in [5.41, 5.74) is 0.772. The molecule has 0 saturated heterocycles. The molecule has 0 heterocycles. The Morgan fingerprint density at radius 1 is 1.40 bits per heavy atom. The Hall–Kier alpha value is -1.58. The van der Waals surface area contributed by atoms with Gasteiger partial charge in [-0.05, 0) is 6.07 Å². The number of nitrogens with zero attached hydrogens (tertiary/aromatic N) is 1. The predicted octanol–water partition coefficient (Wildman–Crippen LogP) is 0.444. The van der Waals surface area contributed by atoms with Crippen LogP contribution in [-0.4, -0.2) is 19.3 Å². The minimum atomic E-state index is -3.64. The second kappa shape index (κ2) is 4.77. The summed E-state index contributed by atoms with van der Waals surface area (Å²) >= 11 is 0. The zero-order valence-corrected chi connectivity index (χ0v) is 8.66. The maximum absolute atomic E-state index is 11.3. The molecule has 0 unspecified atom stereocenters. The number of nitriles is 1. The van der Waals surface area contributed by atoms with Gasteiger partial charge in [-0.25, -0.2) is 8.42 Å². The van der Waals surface area contributed by atoms with Crippen LogP contribution >= 0.6 is 0 Å². The first-order chi connectivity index (χ1) is 7.09. The fraction of sp³-hybridized carbons (Fsp3) is 0.222. The molecule has 0 fully saturated rings. The van der Waals surface area contributed by atoms with Crippen molar-refractivity contribution in [2.75, 3.05) is 10.5 Å². The van der Waals surface area contributed by atoms with Crippen LogP contribution in [0.2, 0.25) is 0 Å². The number of aliphatic hydroxyl groups is 1. The third-order valence-corrected chi connectivity index (χ3v) is 2.75. The van der Waals surface area contributed by atoms with Gasteiger partial charge in [0.2, 0.25) is 10.0 Å². The van der Waals surface area contributed by atoms with Crippen LogP contribution in [0, 0.1) is 11.3 Å². The molecule has 6 heteroatoms. The lowest BCUT2D eigenvalue weighted by molar-refractivity contribution is 0.282. The first-order valence-corrected chi connectivity index (χ1v) is 5.80. The number of hydrogen-bond acceptors (Lipinski definition) is 4. The van der Waals surface area contributed by atoms with E-state index in [-0.39, 0.29) is 6.61 Å². The van der Waals surface area contributed by atoms with E-state index < -0.39 is 15.8 Å². The van der Waals surface area contributed by atoms with Crippen molar-refractivity contribution in [3.63, 3.8) is 0 Å². The Morgan fingerprint density at radius 2 is 2.07 bits per heavy atom. The average Bonchev–Trinajstić information content (AvgIpc) is 2.17. The topological polar surface area (TPSA) is 90.2 Å². The Kier molecular flexibility index (Phi) is 3.66. The predicted molar refractivity (Wildman–Crippen MR) is 55.4 cm³/mol. The molecule has 15 heavy (non-hydrogen) atoms. The molecule has 1 aromatic rings. The van der Waals surface area contributed by atoms with E-state index in [0.717, 1.165) is 0 Å². The number of benzene rings is 1. The molecule has 2 N–H and O–H groups in total. The molecule has 0 atom stereocenters. The number of hydrogen-bond donors (Lipinski definition) is 2. The molecule has 0 aliphatic carbocycles. The SMILES string of the molecule is N#CCS(=O)(=O)Nc1ccccc1CO. The van der Waals surface area contributed by atoms with E-state index in [4.69, 9.17) is 10.4 Å². The number of rotatable bonds is 4. The molecule has 0 bridgehead atoms. The van der Waals surface area contributed by atoms with Gasteiger partial charge in [-0.3, -0.25) is 4.72 Å². The second-order valence-electron chi connectivity index (χ2n) is 2.83. The van der Waals surface area contributed by atoms with Crippen molar-refractivity contribution in [1.29, 1.82) is 5.26 Å². The highest BCUT2D eigenvalue weighted by Crippen LogP contribution is 2.16. The molecule has 0 aliphatic heterocycles. The first kappa shape index (κ1) is 11.5. The second-order valence-corrected chi connectivity index (χ2v) is 4.56. The van der Waals surface area contributed by atoms with Gasteiger partial charge in [-0.2, -0.15) is 5.26 Å². The van der Waals surface area contributed by atoms with Crippen LogP contribution in [0.3, 0.4) is 0 Å². The van der Waals surface area contributed by atoms with E-state index in [9.17, 15) is 8.42 Å². The van der Waals surface area contributed by atoms with Crippen molar-refractivity contribution in [3.8, 4) is 6.07 Å². The van der Waals surface area contributed by atoms with Crippen LogP contribution in [0.15, 0.2) is 24.3 Å². The van der Waals surface area contributed by atoms with Gasteiger partial charge in [0.1, 0.15) is 0 Å². The van der Waals surface area contributed by atoms with Crippen molar-refractivity contribution in [1.82, 2.24) is 0 Å². The van der Waals surface area contributed by atoms with Crippen LogP contribution in [0.4, 0.5) is 5.69 Å². The molecule has 1 rings (SSSR count). The first-order valence-electron chi connectivity index (χ1n) is 4.15. The fourth-order valence-electron chi connectivity index (χ4n) is 1.05. The summed E-state index contributed by atoms with van der Waals surface area (Å²) < 4.78 is 24.7. The molecule has 1 aromatic carbocycles. The van der Waals surface area contributed by atoms with Gasteiger partial charge in [-0.1, -0.05) is 18.2 Å². The van der Waals surface area contributed by atoms with E-state index >= 15 is 0 Å². The maximum Gasteiger partial charge on any atom is 0.246 e. The van der Waals surface area contributed by atoms with Crippen molar-refractivity contribution in [3.05, 3.63) is 29.8 Å². The van der Waals surface area contributed by atoms with Gasteiger partial charge in [0.15, 0.2) is 5.75 Å². The number of anilines is 1. The lowest BCUT2D eigenvalue weighted by atomic mass is 10.2. The van der Waals surface area contributed by atoms with Gasteiger partial charge >= 0.3 is 0 Å². The van der Waals surface area contributed by atoms with Crippen molar-refractivity contribution < 1.29 is 13.5 Å². The smallest absolute Gasteiger partial charge is 0.246 e. The quantitative estimate of drug-likeness (QED) is 0.779. The molecule has 0 aliphatic rings. The zero-order valence-electron chi connectivity index (χ0n) is 7.84. The van der Waals surface area contributed by atoms with Crippen LogP contribution in [0.25, 0.3) is 0 Å². The lowest BCUT2D eigenvalue weighted by Gasteiger charge is -2.08. The van der Waals surface area contributed by atoms with Crippen LogP contribution in [0.5, 0.6) is 0 Å². The highest BCUT2D eigenvalue weighted by Gasteiger charge is 2.11. The Bertz CT molecular complexity index is 476. The van der Waals surface area contributed by atoms with E-state index in [1.807, 2.05) is 0 Å². The Labute approximate surface area is 88.0 Å². The van der Waals surface area contributed by atoms with Gasteiger partial charge in [0, 0.05) is 5.56 Å².